The van der Waals surface area contributed by atoms with Crippen LogP contribution in [0, 0.1) is 6.92 Å². The van der Waals surface area contributed by atoms with Crippen LogP contribution < -0.4 is 14.8 Å². The lowest BCUT2D eigenvalue weighted by Crippen LogP contribution is -2.28. The molecule has 0 radical (unpaired) electrons. The van der Waals surface area contributed by atoms with Crippen molar-refractivity contribution >= 4 is 41.1 Å². The second-order valence-corrected chi connectivity index (χ2v) is 11.0. The number of thioether (sulfide) groups is 2. The molecule has 8 heteroatoms. The molecule has 0 aromatic heterocycles. The van der Waals surface area contributed by atoms with Gasteiger partial charge < -0.3 is 19.5 Å². The molecule has 1 heterocycles. The van der Waals surface area contributed by atoms with Crippen LogP contribution in [0.3, 0.4) is 0 Å². The SMILES string of the molecule is COc1ccc(C)cc1NC(=O)[C@H](OC(=O)COc1ccc(C2SCCCS2)cc1)c1ccccc1. The summed E-state index contributed by atoms with van der Waals surface area (Å²) < 4.78 is 17.0. The van der Waals surface area contributed by atoms with Crippen LogP contribution in [0.5, 0.6) is 11.5 Å². The van der Waals surface area contributed by atoms with Crippen molar-refractivity contribution in [3.05, 3.63) is 89.5 Å². The van der Waals surface area contributed by atoms with Crippen molar-refractivity contribution in [2.24, 2.45) is 0 Å². The van der Waals surface area contributed by atoms with Gasteiger partial charge in [-0.3, -0.25) is 4.79 Å². The molecule has 1 aliphatic rings. The van der Waals surface area contributed by atoms with E-state index in [1.807, 2.05) is 66.8 Å². The van der Waals surface area contributed by atoms with Gasteiger partial charge in [0.2, 0.25) is 6.10 Å². The molecule has 0 spiro atoms. The number of ether oxygens (including phenoxy) is 3. The Morgan fingerprint density at radius 2 is 1.72 bits per heavy atom. The lowest BCUT2D eigenvalue weighted by molar-refractivity contribution is -0.156. The van der Waals surface area contributed by atoms with E-state index in [4.69, 9.17) is 14.2 Å². The third kappa shape index (κ3) is 6.98. The number of aryl methyl sites for hydroxylation is 1. The first-order valence-electron chi connectivity index (χ1n) is 11.7. The fraction of sp³-hybridized carbons (Fsp3) is 0.286. The Morgan fingerprint density at radius 1 is 1.00 bits per heavy atom. The number of benzene rings is 3. The zero-order valence-corrected chi connectivity index (χ0v) is 21.9. The third-order valence-electron chi connectivity index (χ3n) is 5.54. The van der Waals surface area contributed by atoms with Gasteiger partial charge in [-0.1, -0.05) is 48.5 Å². The van der Waals surface area contributed by atoms with E-state index in [-0.39, 0.29) is 6.61 Å². The van der Waals surface area contributed by atoms with Gasteiger partial charge in [0.25, 0.3) is 5.91 Å². The van der Waals surface area contributed by atoms with Crippen molar-refractivity contribution in [2.45, 2.75) is 24.0 Å². The van der Waals surface area contributed by atoms with E-state index in [1.165, 1.54) is 30.6 Å². The summed E-state index contributed by atoms with van der Waals surface area (Å²) in [5.41, 5.74) is 3.26. The summed E-state index contributed by atoms with van der Waals surface area (Å²) in [5.74, 6) is 2.32. The van der Waals surface area contributed by atoms with Crippen molar-refractivity contribution in [1.82, 2.24) is 0 Å². The highest BCUT2D eigenvalue weighted by Crippen LogP contribution is 2.43. The second-order valence-electron chi connectivity index (χ2n) is 8.26. The number of esters is 1. The molecule has 36 heavy (non-hydrogen) atoms. The molecule has 1 N–H and O–H groups in total. The highest BCUT2D eigenvalue weighted by molar-refractivity contribution is 8.16. The molecule has 1 atom stereocenters. The number of nitrogens with one attached hydrogen (secondary N) is 1. The van der Waals surface area contributed by atoms with Crippen LogP contribution in [0.15, 0.2) is 72.8 Å². The van der Waals surface area contributed by atoms with Crippen molar-refractivity contribution < 1.29 is 23.8 Å². The number of amides is 1. The minimum Gasteiger partial charge on any atom is -0.495 e. The standard InChI is InChI=1S/C28H29NO5S2/c1-19-9-14-24(32-2)23(17-19)29-27(31)26(20-7-4-3-5-8-20)34-25(30)18-33-22-12-10-21(11-13-22)28-35-15-6-16-36-28/h3-5,7-14,17,26,28H,6,15-16,18H2,1-2H3,(H,29,31)/t26-/m1/s1. The molecule has 0 saturated carbocycles. The fourth-order valence-corrected chi connectivity index (χ4v) is 6.62. The molecule has 1 aliphatic heterocycles. The number of anilines is 1. The predicted octanol–water partition coefficient (Wildman–Crippen LogP) is 6.17. The summed E-state index contributed by atoms with van der Waals surface area (Å²) >= 11 is 3.91. The van der Waals surface area contributed by atoms with Gasteiger partial charge in [-0.15, -0.1) is 23.5 Å². The summed E-state index contributed by atoms with van der Waals surface area (Å²) in [6.07, 6.45) is 0.102. The van der Waals surface area contributed by atoms with E-state index < -0.39 is 18.0 Å². The summed E-state index contributed by atoms with van der Waals surface area (Å²) in [7, 11) is 1.53. The molecular weight excluding hydrogens is 494 g/mol. The van der Waals surface area contributed by atoms with E-state index in [1.54, 1.807) is 36.4 Å². The molecule has 0 bridgehead atoms. The Labute approximate surface area is 220 Å². The molecular formula is C28H29NO5S2. The Hall–Kier alpha value is -3.10. The Morgan fingerprint density at radius 3 is 2.42 bits per heavy atom. The highest BCUT2D eigenvalue weighted by Gasteiger charge is 2.26. The average Bonchev–Trinajstić information content (AvgIpc) is 2.92. The highest BCUT2D eigenvalue weighted by atomic mass is 32.2. The van der Waals surface area contributed by atoms with Crippen molar-refractivity contribution in [3.63, 3.8) is 0 Å². The number of carbonyl (C=O) groups is 2. The van der Waals surface area contributed by atoms with Crippen LogP contribution >= 0.6 is 23.5 Å². The second kappa shape index (κ2) is 12.7. The molecule has 1 saturated heterocycles. The van der Waals surface area contributed by atoms with Gasteiger partial charge in [0, 0.05) is 5.56 Å². The molecule has 188 valence electrons. The molecule has 1 fully saturated rings. The van der Waals surface area contributed by atoms with Crippen LogP contribution in [-0.2, 0) is 14.3 Å². The van der Waals surface area contributed by atoms with Crippen LogP contribution in [0.1, 0.15) is 33.8 Å². The van der Waals surface area contributed by atoms with Gasteiger partial charge in [-0.05, 0) is 60.2 Å². The zero-order chi connectivity index (χ0) is 25.3. The predicted molar refractivity (Wildman–Crippen MR) is 146 cm³/mol. The van der Waals surface area contributed by atoms with E-state index >= 15 is 0 Å². The van der Waals surface area contributed by atoms with E-state index in [0.29, 0.717) is 27.3 Å². The van der Waals surface area contributed by atoms with Crippen molar-refractivity contribution in [2.75, 3.05) is 30.5 Å². The fourth-order valence-electron chi connectivity index (χ4n) is 3.73. The first-order chi connectivity index (χ1) is 17.5. The van der Waals surface area contributed by atoms with Gasteiger partial charge >= 0.3 is 5.97 Å². The molecule has 6 nitrogen and oxygen atoms in total. The summed E-state index contributed by atoms with van der Waals surface area (Å²) in [5, 5.41) is 2.83. The largest absolute Gasteiger partial charge is 0.495 e. The van der Waals surface area contributed by atoms with Gasteiger partial charge in [-0.2, -0.15) is 0 Å². The average molecular weight is 524 g/mol. The van der Waals surface area contributed by atoms with Gasteiger partial charge in [-0.25, -0.2) is 4.79 Å². The number of rotatable bonds is 9. The van der Waals surface area contributed by atoms with Gasteiger partial charge in [0.05, 0.1) is 17.4 Å². The van der Waals surface area contributed by atoms with Crippen molar-refractivity contribution in [3.8, 4) is 11.5 Å². The third-order valence-corrected chi connectivity index (χ3v) is 8.55. The van der Waals surface area contributed by atoms with Crippen LogP contribution in [0.2, 0.25) is 0 Å². The van der Waals surface area contributed by atoms with Crippen LogP contribution in [-0.4, -0.2) is 37.1 Å². The van der Waals surface area contributed by atoms with Gasteiger partial charge in [0.1, 0.15) is 11.5 Å². The van der Waals surface area contributed by atoms with Crippen LogP contribution in [0.4, 0.5) is 5.69 Å². The smallest absolute Gasteiger partial charge is 0.345 e. The van der Waals surface area contributed by atoms with Gasteiger partial charge in [0.15, 0.2) is 6.61 Å². The number of hydrogen-bond donors (Lipinski definition) is 1. The molecule has 3 aromatic carbocycles. The van der Waals surface area contributed by atoms with E-state index in [9.17, 15) is 9.59 Å². The van der Waals surface area contributed by atoms with Crippen molar-refractivity contribution in [1.29, 1.82) is 0 Å². The lowest BCUT2D eigenvalue weighted by Gasteiger charge is -2.21. The summed E-state index contributed by atoms with van der Waals surface area (Å²) in [6, 6.07) is 22.2. The normalized spacial score (nSPS) is 14.5. The Bertz CT molecular complexity index is 1160. The zero-order valence-electron chi connectivity index (χ0n) is 20.3. The van der Waals surface area contributed by atoms with E-state index in [0.717, 1.165) is 5.56 Å². The monoisotopic (exact) mass is 523 g/mol. The quantitative estimate of drug-likeness (QED) is 0.336. The number of methoxy groups -OCH3 is 1. The first-order valence-corrected chi connectivity index (χ1v) is 13.8. The maximum atomic E-state index is 13.2. The number of carbonyl (C=O) groups excluding carboxylic acids is 2. The molecule has 4 rings (SSSR count). The summed E-state index contributed by atoms with van der Waals surface area (Å²) in [4.78, 5) is 25.9. The molecule has 0 unspecified atom stereocenters. The summed E-state index contributed by atoms with van der Waals surface area (Å²) in [6.45, 7) is 1.61. The van der Waals surface area contributed by atoms with Crippen LogP contribution in [0.25, 0.3) is 0 Å². The molecule has 0 aliphatic carbocycles. The maximum Gasteiger partial charge on any atom is 0.345 e. The number of hydrogen-bond acceptors (Lipinski definition) is 7. The molecule has 1 amide bonds. The minimum atomic E-state index is -1.14. The topological polar surface area (TPSA) is 73.9 Å². The lowest BCUT2D eigenvalue weighted by atomic mass is 10.1. The Balaban J connectivity index is 1.40. The minimum absolute atomic E-state index is 0.309. The maximum absolute atomic E-state index is 13.2. The Kier molecular flexibility index (Phi) is 9.19. The van der Waals surface area contributed by atoms with E-state index in [2.05, 4.69) is 5.32 Å². The molecule has 3 aromatic rings. The first kappa shape index (κ1) is 26.0.